The van der Waals surface area contributed by atoms with Gasteiger partial charge in [0.25, 0.3) is 5.91 Å². The summed E-state index contributed by atoms with van der Waals surface area (Å²) in [4.78, 5) is 11.5. The van der Waals surface area contributed by atoms with E-state index in [0.29, 0.717) is 0 Å². The molecule has 2 atom stereocenters. The van der Waals surface area contributed by atoms with E-state index < -0.39 is 6.10 Å². The number of likely N-dealkylation sites (N-methyl/N-ethyl adjacent to an activating group) is 1. The lowest BCUT2D eigenvalue weighted by Crippen LogP contribution is -2.34. The van der Waals surface area contributed by atoms with Crippen LogP contribution in [0.15, 0.2) is 12.1 Å². The first-order chi connectivity index (χ1) is 9.38. The van der Waals surface area contributed by atoms with Gasteiger partial charge in [0, 0.05) is 13.1 Å². The summed E-state index contributed by atoms with van der Waals surface area (Å²) in [5, 5.41) is 2.59. The molecule has 4 heteroatoms. The molecule has 112 valence electrons. The third kappa shape index (κ3) is 4.23. The Bertz CT molecular complexity index is 449. The number of hydrogen-bond donors (Lipinski definition) is 2. The molecule has 1 amide bonds. The van der Waals surface area contributed by atoms with Gasteiger partial charge in [-0.25, -0.2) is 0 Å². The first-order valence-corrected chi connectivity index (χ1v) is 7.13. The lowest BCUT2D eigenvalue weighted by Gasteiger charge is -2.19. The Morgan fingerprint density at radius 3 is 2.35 bits per heavy atom. The van der Waals surface area contributed by atoms with Gasteiger partial charge in [-0.2, -0.15) is 0 Å². The normalized spacial score (nSPS) is 13.7. The number of carbonyl (C=O) groups is 1. The molecule has 0 spiro atoms. The maximum absolute atomic E-state index is 11.5. The van der Waals surface area contributed by atoms with Gasteiger partial charge < -0.3 is 15.8 Å². The average Bonchev–Trinajstić information content (AvgIpc) is 2.41. The van der Waals surface area contributed by atoms with Crippen molar-refractivity contribution in [3.05, 3.63) is 28.8 Å². The van der Waals surface area contributed by atoms with Crippen LogP contribution in [-0.2, 0) is 11.2 Å². The SMILES string of the molecule is CCC(N)Cc1cc(C)c(OC(C)C(=O)NC)c(C)c1. The van der Waals surface area contributed by atoms with Crippen LogP contribution in [0.1, 0.15) is 37.0 Å². The molecular weight excluding hydrogens is 252 g/mol. The Hall–Kier alpha value is -1.55. The monoisotopic (exact) mass is 278 g/mol. The second kappa shape index (κ2) is 7.29. The van der Waals surface area contributed by atoms with Crippen molar-refractivity contribution in [2.24, 2.45) is 5.73 Å². The molecule has 20 heavy (non-hydrogen) atoms. The molecule has 1 rings (SSSR count). The van der Waals surface area contributed by atoms with Gasteiger partial charge in [-0.15, -0.1) is 0 Å². The van der Waals surface area contributed by atoms with Gasteiger partial charge in [0.1, 0.15) is 5.75 Å². The van der Waals surface area contributed by atoms with Crippen molar-refractivity contribution < 1.29 is 9.53 Å². The Morgan fingerprint density at radius 1 is 1.35 bits per heavy atom. The van der Waals surface area contributed by atoms with Gasteiger partial charge in [-0.1, -0.05) is 19.1 Å². The van der Waals surface area contributed by atoms with Gasteiger partial charge in [0.15, 0.2) is 6.10 Å². The molecule has 0 radical (unpaired) electrons. The van der Waals surface area contributed by atoms with Crippen LogP contribution < -0.4 is 15.8 Å². The van der Waals surface area contributed by atoms with Crippen LogP contribution in [0.5, 0.6) is 5.75 Å². The Kier molecular flexibility index (Phi) is 6.02. The lowest BCUT2D eigenvalue weighted by molar-refractivity contribution is -0.126. The minimum absolute atomic E-state index is 0.124. The van der Waals surface area contributed by atoms with Gasteiger partial charge in [0.2, 0.25) is 0 Å². The molecule has 0 aliphatic carbocycles. The van der Waals surface area contributed by atoms with Crippen LogP contribution in [0.4, 0.5) is 0 Å². The fraction of sp³-hybridized carbons (Fsp3) is 0.562. The summed E-state index contributed by atoms with van der Waals surface area (Å²) < 4.78 is 5.77. The molecule has 0 fully saturated rings. The molecule has 0 saturated heterocycles. The number of ether oxygens (including phenoxy) is 1. The Labute approximate surface area is 121 Å². The summed E-state index contributed by atoms with van der Waals surface area (Å²) in [6.45, 7) is 7.84. The molecule has 0 saturated carbocycles. The minimum Gasteiger partial charge on any atom is -0.480 e. The van der Waals surface area contributed by atoms with Crippen molar-refractivity contribution in [1.82, 2.24) is 5.32 Å². The van der Waals surface area contributed by atoms with Crippen LogP contribution in [0, 0.1) is 13.8 Å². The highest BCUT2D eigenvalue weighted by Gasteiger charge is 2.16. The van der Waals surface area contributed by atoms with Crippen LogP contribution in [0.25, 0.3) is 0 Å². The number of nitrogens with one attached hydrogen (secondary N) is 1. The van der Waals surface area contributed by atoms with E-state index in [1.54, 1.807) is 14.0 Å². The standard InChI is InChI=1S/C16H26N2O2/c1-6-14(17)9-13-7-10(2)15(11(3)8-13)20-12(4)16(19)18-5/h7-8,12,14H,6,9,17H2,1-5H3,(H,18,19). The number of hydrogen-bond acceptors (Lipinski definition) is 3. The predicted molar refractivity (Wildman–Crippen MR) is 82.0 cm³/mol. The van der Waals surface area contributed by atoms with E-state index in [-0.39, 0.29) is 11.9 Å². The predicted octanol–water partition coefficient (Wildman–Crippen LogP) is 2.10. The molecule has 2 unspecified atom stereocenters. The lowest BCUT2D eigenvalue weighted by atomic mass is 9.99. The van der Waals surface area contributed by atoms with Crippen LogP contribution in [0.2, 0.25) is 0 Å². The molecule has 4 nitrogen and oxygen atoms in total. The number of benzene rings is 1. The molecular formula is C16H26N2O2. The molecule has 1 aromatic rings. The molecule has 0 aromatic heterocycles. The highest BCUT2D eigenvalue weighted by molar-refractivity contribution is 5.80. The highest BCUT2D eigenvalue weighted by Crippen LogP contribution is 2.26. The average molecular weight is 278 g/mol. The summed E-state index contributed by atoms with van der Waals surface area (Å²) in [6, 6.07) is 4.37. The molecule has 0 bridgehead atoms. The van der Waals surface area contributed by atoms with Crippen molar-refractivity contribution in [1.29, 1.82) is 0 Å². The highest BCUT2D eigenvalue weighted by atomic mass is 16.5. The summed E-state index contributed by atoms with van der Waals surface area (Å²) in [7, 11) is 1.61. The summed E-state index contributed by atoms with van der Waals surface area (Å²) >= 11 is 0. The number of carbonyl (C=O) groups excluding carboxylic acids is 1. The first-order valence-electron chi connectivity index (χ1n) is 7.13. The van der Waals surface area contributed by atoms with E-state index in [4.69, 9.17) is 10.5 Å². The quantitative estimate of drug-likeness (QED) is 0.837. The third-order valence-corrected chi connectivity index (χ3v) is 3.45. The number of nitrogens with two attached hydrogens (primary N) is 1. The zero-order chi connectivity index (χ0) is 15.3. The number of rotatable bonds is 6. The van der Waals surface area contributed by atoms with Crippen molar-refractivity contribution in [3.63, 3.8) is 0 Å². The van der Waals surface area contributed by atoms with Gasteiger partial charge in [-0.05, 0) is 50.3 Å². The van der Waals surface area contributed by atoms with Crippen LogP contribution in [-0.4, -0.2) is 25.1 Å². The fourth-order valence-electron chi connectivity index (χ4n) is 2.22. The minimum atomic E-state index is -0.499. The summed E-state index contributed by atoms with van der Waals surface area (Å²) in [6.07, 6.45) is 1.33. The number of amides is 1. The van der Waals surface area contributed by atoms with Crippen molar-refractivity contribution in [3.8, 4) is 5.75 Å². The second-order valence-electron chi connectivity index (χ2n) is 5.31. The maximum atomic E-state index is 11.5. The fourth-order valence-corrected chi connectivity index (χ4v) is 2.22. The van der Waals surface area contributed by atoms with Crippen molar-refractivity contribution in [2.45, 2.75) is 52.7 Å². The first kappa shape index (κ1) is 16.5. The molecule has 3 N–H and O–H groups in total. The third-order valence-electron chi connectivity index (χ3n) is 3.45. The molecule has 1 aromatic carbocycles. The van der Waals surface area contributed by atoms with Crippen LogP contribution >= 0.6 is 0 Å². The molecule has 0 aliphatic rings. The van der Waals surface area contributed by atoms with Gasteiger partial charge in [0.05, 0.1) is 0 Å². The maximum Gasteiger partial charge on any atom is 0.260 e. The van der Waals surface area contributed by atoms with E-state index in [2.05, 4.69) is 24.4 Å². The van der Waals surface area contributed by atoms with Gasteiger partial charge in [-0.3, -0.25) is 4.79 Å². The van der Waals surface area contributed by atoms with E-state index in [1.807, 2.05) is 13.8 Å². The topological polar surface area (TPSA) is 64.3 Å². The molecule has 0 aliphatic heterocycles. The second-order valence-corrected chi connectivity index (χ2v) is 5.31. The largest absolute Gasteiger partial charge is 0.480 e. The van der Waals surface area contributed by atoms with E-state index >= 15 is 0 Å². The smallest absolute Gasteiger partial charge is 0.260 e. The van der Waals surface area contributed by atoms with Gasteiger partial charge >= 0.3 is 0 Å². The summed E-state index contributed by atoms with van der Waals surface area (Å²) in [5.41, 5.74) is 9.30. The Balaban J connectivity index is 2.92. The van der Waals surface area contributed by atoms with E-state index in [0.717, 1.165) is 29.7 Å². The van der Waals surface area contributed by atoms with Crippen molar-refractivity contribution in [2.75, 3.05) is 7.05 Å². The summed E-state index contributed by atoms with van der Waals surface area (Å²) in [5.74, 6) is 0.663. The Morgan fingerprint density at radius 2 is 1.90 bits per heavy atom. The van der Waals surface area contributed by atoms with Crippen molar-refractivity contribution >= 4 is 5.91 Å². The zero-order valence-electron chi connectivity index (χ0n) is 13.1. The number of aryl methyl sites for hydroxylation is 2. The molecule has 0 heterocycles. The van der Waals surface area contributed by atoms with Crippen LogP contribution in [0.3, 0.4) is 0 Å². The zero-order valence-corrected chi connectivity index (χ0v) is 13.1. The van der Waals surface area contributed by atoms with E-state index in [1.165, 1.54) is 5.56 Å². The van der Waals surface area contributed by atoms with E-state index in [9.17, 15) is 4.79 Å².